The highest BCUT2D eigenvalue weighted by atomic mass is 79.9. The van der Waals surface area contributed by atoms with Crippen LogP contribution in [0.25, 0.3) is 0 Å². The van der Waals surface area contributed by atoms with E-state index in [1.807, 2.05) is 25.1 Å². The summed E-state index contributed by atoms with van der Waals surface area (Å²) in [6.45, 7) is 7.77. The number of hydrogen-bond acceptors (Lipinski definition) is 3. The lowest BCUT2D eigenvalue weighted by Gasteiger charge is -2.46. The molecule has 1 aromatic rings. The van der Waals surface area contributed by atoms with Crippen LogP contribution in [0, 0.1) is 5.92 Å². The molecule has 1 N–H and O–H groups in total. The van der Waals surface area contributed by atoms with Crippen molar-refractivity contribution in [2.45, 2.75) is 38.8 Å². The number of aliphatic hydroxyl groups is 1. The highest BCUT2D eigenvalue weighted by Crippen LogP contribution is 2.41. The van der Waals surface area contributed by atoms with E-state index in [1.54, 1.807) is 0 Å². The Morgan fingerprint density at radius 2 is 2.15 bits per heavy atom. The molecule has 1 saturated heterocycles. The average Bonchev–Trinajstić information content (AvgIpc) is 2.39. The molecular weight excluding hydrogens is 318 g/mol. The van der Waals surface area contributed by atoms with Crippen LogP contribution in [-0.2, 0) is 5.60 Å². The first-order chi connectivity index (χ1) is 9.38. The molecule has 1 aliphatic heterocycles. The maximum atomic E-state index is 11.2. The van der Waals surface area contributed by atoms with Crippen LogP contribution < -0.4 is 4.74 Å². The van der Waals surface area contributed by atoms with Crippen molar-refractivity contribution in [2.75, 3.05) is 20.2 Å². The number of piperidine rings is 1. The number of hydrogen-bond donors (Lipinski definition) is 1. The van der Waals surface area contributed by atoms with Crippen LogP contribution in [0.5, 0.6) is 5.75 Å². The molecule has 1 aliphatic rings. The van der Waals surface area contributed by atoms with Crippen LogP contribution in [0.2, 0.25) is 0 Å². The van der Waals surface area contributed by atoms with E-state index in [0.29, 0.717) is 12.6 Å². The van der Waals surface area contributed by atoms with Gasteiger partial charge in [0.15, 0.2) is 0 Å². The number of benzene rings is 1. The van der Waals surface area contributed by atoms with Gasteiger partial charge in [-0.3, -0.25) is 0 Å². The summed E-state index contributed by atoms with van der Waals surface area (Å²) in [6.07, 6.45) is 0.748. The molecule has 0 amide bonds. The number of rotatable bonds is 3. The Bertz CT molecular complexity index is 480. The van der Waals surface area contributed by atoms with Gasteiger partial charge >= 0.3 is 0 Å². The van der Waals surface area contributed by atoms with Gasteiger partial charge in [-0.05, 0) is 60.9 Å². The zero-order valence-corrected chi connectivity index (χ0v) is 14.3. The third kappa shape index (κ3) is 2.87. The molecule has 3 unspecified atom stereocenters. The van der Waals surface area contributed by atoms with Gasteiger partial charge in [0.1, 0.15) is 5.75 Å². The second-order valence-corrected chi connectivity index (χ2v) is 6.75. The molecule has 3 atom stereocenters. The van der Waals surface area contributed by atoms with Crippen LogP contribution in [0.3, 0.4) is 0 Å². The van der Waals surface area contributed by atoms with Crippen LogP contribution in [0.4, 0.5) is 0 Å². The largest absolute Gasteiger partial charge is 0.493 e. The van der Waals surface area contributed by atoms with Crippen LogP contribution >= 0.6 is 15.9 Å². The number of halogens is 1. The predicted molar refractivity (Wildman–Crippen MR) is 85.1 cm³/mol. The van der Waals surface area contributed by atoms with E-state index in [9.17, 15) is 5.11 Å². The minimum absolute atomic E-state index is 0.194. The van der Waals surface area contributed by atoms with Crippen molar-refractivity contribution < 1.29 is 9.84 Å². The van der Waals surface area contributed by atoms with E-state index in [1.165, 1.54) is 0 Å². The third-order valence-electron chi connectivity index (χ3n) is 4.47. The first kappa shape index (κ1) is 15.8. The van der Waals surface area contributed by atoms with Gasteiger partial charge in [0.2, 0.25) is 0 Å². The minimum atomic E-state index is -0.779. The SMILES string of the molecule is CCOc1cc(C2(O)CC(C)N(C)CC2C)ccc1Br. The lowest BCUT2D eigenvalue weighted by atomic mass is 9.74. The zero-order valence-electron chi connectivity index (χ0n) is 12.7. The molecule has 1 heterocycles. The molecule has 0 bridgehead atoms. The van der Waals surface area contributed by atoms with Gasteiger partial charge < -0.3 is 14.7 Å². The van der Waals surface area contributed by atoms with Crippen molar-refractivity contribution in [3.05, 3.63) is 28.2 Å². The van der Waals surface area contributed by atoms with E-state index in [-0.39, 0.29) is 5.92 Å². The summed E-state index contributed by atoms with van der Waals surface area (Å²) in [5.41, 5.74) is 0.176. The van der Waals surface area contributed by atoms with E-state index < -0.39 is 5.60 Å². The molecule has 112 valence electrons. The number of ether oxygens (including phenoxy) is 1. The molecule has 0 spiro atoms. The van der Waals surface area contributed by atoms with Gasteiger partial charge in [-0.15, -0.1) is 0 Å². The lowest BCUT2D eigenvalue weighted by molar-refractivity contribution is -0.0844. The molecule has 0 saturated carbocycles. The number of likely N-dealkylation sites (tertiary alicyclic amines) is 1. The Hall–Kier alpha value is -0.580. The monoisotopic (exact) mass is 341 g/mol. The van der Waals surface area contributed by atoms with Crippen LogP contribution in [0.15, 0.2) is 22.7 Å². The highest BCUT2D eigenvalue weighted by Gasteiger charge is 2.42. The van der Waals surface area contributed by atoms with E-state index >= 15 is 0 Å². The quantitative estimate of drug-likeness (QED) is 0.914. The Kier molecular flexibility index (Phi) is 4.77. The average molecular weight is 342 g/mol. The first-order valence-corrected chi connectivity index (χ1v) is 8.03. The molecule has 2 rings (SSSR count). The summed E-state index contributed by atoms with van der Waals surface area (Å²) in [7, 11) is 2.12. The van der Waals surface area contributed by atoms with Gasteiger partial charge in [0.25, 0.3) is 0 Å². The second-order valence-electron chi connectivity index (χ2n) is 5.90. The predicted octanol–water partition coefficient (Wildman–Crippen LogP) is 3.40. The maximum Gasteiger partial charge on any atom is 0.133 e. The standard InChI is InChI=1S/C16H24BrNO2/c1-5-20-15-8-13(6-7-14(15)17)16(19)9-12(3)18(4)10-11(16)2/h6-8,11-12,19H,5,9-10H2,1-4H3. The summed E-state index contributed by atoms with van der Waals surface area (Å²) in [5, 5.41) is 11.2. The second kappa shape index (κ2) is 6.04. The molecular formula is C16H24BrNO2. The topological polar surface area (TPSA) is 32.7 Å². The van der Waals surface area contributed by atoms with Crippen molar-refractivity contribution in [2.24, 2.45) is 5.92 Å². The van der Waals surface area contributed by atoms with Crippen molar-refractivity contribution >= 4 is 15.9 Å². The molecule has 0 radical (unpaired) electrons. The van der Waals surface area contributed by atoms with Crippen molar-refractivity contribution in [3.8, 4) is 5.75 Å². The maximum absolute atomic E-state index is 11.2. The van der Waals surface area contributed by atoms with Gasteiger partial charge in [-0.2, -0.15) is 0 Å². The van der Waals surface area contributed by atoms with Gasteiger partial charge in [-0.1, -0.05) is 13.0 Å². The van der Waals surface area contributed by atoms with Crippen molar-refractivity contribution in [1.82, 2.24) is 4.90 Å². The molecule has 3 nitrogen and oxygen atoms in total. The fourth-order valence-electron chi connectivity index (χ4n) is 3.01. The Balaban J connectivity index is 2.36. The normalized spacial score (nSPS) is 31.3. The van der Waals surface area contributed by atoms with Gasteiger partial charge in [0.05, 0.1) is 16.7 Å². The summed E-state index contributed by atoms with van der Waals surface area (Å²) in [6, 6.07) is 6.31. The van der Waals surface area contributed by atoms with Gasteiger partial charge in [-0.25, -0.2) is 0 Å². The summed E-state index contributed by atoms with van der Waals surface area (Å²) >= 11 is 3.49. The Morgan fingerprint density at radius 3 is 2.80 bits per heavy atom. The molecule has 1 fully saturated rings. The molecule has 20 heavy (non-hydrogen) atoms. The summed E-state index contributed by atoms with van der Waals surface area (Å²) < 4.78 is 6.56. The van der Waals surface area contributed by atoms with Crippen LogP contribution in [-0.4, -0.2) is 36.2 Å². The molecule has 1 aromatic carbocycles. The van der Waals surface area contributed by atoms with Gasteiger partial charge in [0, 0.05) is 18.5 Å². The Morgan fingerprint density at radius 1 is 1.45 bits per heavy atom. The highest BCUT2D eigenvalue weighted by molar-refractivity contribution is 9.10. The smallest absolute Gasteiger partial charge is 0.133 e. The molecule has 0 aliphatic carbocycles. The van der Waals surface area contributed by atoms with E-state index in [2.05, 4.69) is 41.7 Å². The number of nitrogens with zero attached hydrogens (tertiary/aromatic N) is 1. The van der Waals surface area contributed by atoms with Crippen molar-refractivity contribution in [1.29, 1.82) is 0 Å². The Labute approximate surface area is 130 Å². The third-order valence-corrected chi connectivity index (χ3v) is 5.12. The summed E-state index contributed by atoms with van der Waals surface area (Å²) in [5.74, 6) is 0.997. The van der Waals surface area contributed by atoms with E-state index in [4.69, 9.17) is 4.74 Å². The minimum Gasteiger partial charge on any atom is -0.493 e. The fourth-order valence-corrected chi connectivity index (χ4v) is 3.37. The molecule has 0 aromatic heterocycles. The van der Waals surface area contributed by atoms with Crippen LogP contribution in [0.1, 0.15) is 32.8 Å². The van der Waals surface area contributed by atoms with E-state index in [0.717, 1.165) is 28.8 Å². The zero-order chi connectivity index (χ0) is 14.9. The fraction of sp³-hybridized carbons (Fsp3) is 0.625. The molecule has 4 heteroatoms. The van der Waals surface area contributed by atoms with Crippen molar-refractivity contribution in [3.63, 3.8) is 0 Å². The lowest BCUT2D eigenvalue weighted by Crippen LogP contribution is -2.51. The summed E-state index contributed by atoms with van der Waals surface area (Å²) in [4.78, 5) is 2.31. The first-order valence-electron chi connectivity index (χ1n) is 7.24.